The number of pyridine rings is 1. The van der Waals surface area contributed by atoms with Crippen molar-refractivity contribution in [1.29, 1.82) is 5.41 Å². The van der Waals surface area contributed by atoms with Crippen LogP contribution in [0.1, 0.15) is 33.1 Å². The molecule has 0 spiro atoms. The number of aliphatic hydroxyl groups excluding tert-OH is 1. The number of piperidine rings is 1. The fraction of sp³-hybridized carbons (Fsp3) is 0.381. The largest absolute Gasteiger partial charge is 0.390 e. The lowest BCUT2D eigenvalue weighted by atomic mass is 10.0. The smallest absolute Gasteiger partial charge is 0.274 e. The van der Waals surface area contributed by atoms with Crippen molar-refractivity contribution >= 4 is 40.9 Å². The van der Waals surface area contributed by atoms with Crippen molar-refractivity contribution in [3.05, 3.63) is 47.7 Å². The molecule has 2 aromatic heterocycles. The van der Waals surface area contributed by atoms with Crippen LogP contribution in [0, 0.1) is 5.41 Å². The molecule has 2 aromatic rings. The van der Waals surface area contributed by atoms with Crippen molar-refractivity contribution in [3.8, 4) is 0 Å². The summed E-state index contributed by atoms with van der Waals surface area (Å²) < 4.78 is 1.42. The summed E-state index contributed by atoms with van der Waals surface area (Å²) >= 11 is 5.65. The van der Waals surface area contributed by atoms with E-state index in [9.17, 15) is 14.7 Å². The molecule has 3 heterocycles. The number of hydrogen-bond acceptors (Lipinski definition) is 8. The Balaban J connectivity index is 1.75. The first-order valence-electron chi connectivity index (χ1n) is 10.4. The maximum Gasteiger partial charge on any atom is 0.274 e. The SMILES string of the molecule is Cn1cc(NC(=O)c2cccc(/C(C=N)=C/NCCCl)n2)c(C(=O)NC2CCNCC2O)n1. The van der Waals surface area contributed by atoms with Gasteiger partial charge >= 0.3 is 0 Å². The zero-order valence-electron chi connectivity index (χ0n) is 18.1. The molecule has 1 aliphatic rings. The summed E-state index contributed by atoms with van der Waals surface area (Å²) in [5.74, 6) is -0.605. The molecule has 1 fully saturated rings. The molecule has 3 rings (SSSR count). The van der Waals surface area contributed by atoms with Crippen LogP contribution in [0.3, 0.4) is 0 Å². The van der Waals surface area contributed by atoms with Gasteiger partial charge in [-0.15, -0.1) is 11.6 Å². The predicted octanol–water partition coefficient (Wildman–Crippen LogP) is 0.339. The minimum Gasteiger partial charge on any atom is -0.390 e. The summed E-state index contributed by atoms with van der Waals surface area (Å²) in [7, 11) is 1.64. The maximum absolute atomic E-state index is 12.9. The second-order valence-corrected chi connectivity index (χ2v) is 7.83. The van der Waals surface area contributed by atoms with E-state index in [1.54, 1.807) is 25.4 Å². The Labute approximate surface area is 196 Å². The minimum atomic E-state index is -0.702. The third kappa shape index (κ3) is 6.37. The number of aliphatic hydroxyl groups is 1. The van der Waals surface area contributed by atoms with Gasteiger partial charge in [-0.05, 0) is 25.1 Å². The lowest BCUT2D eigenvalue weighted by molar-refractivity contribution is 0.0761. The predicted molar refractivity (Wildman–Crippen MR) is 126 cm³/mol. The van der Waals surface area contributed by atoms with Gasteiger partial charge in [-0.1, -0.05) is 6.07 Å². The molecule has 1 aliphatic heterocycles. The molecule has 1 saturated heterocycles. The Hall–Kier alpha value is -3.28. The van der Waals surface area contributed by atoms with Gasteiger partial charge in [-0.25, -0.2) is 4.98 Å². The molecule has 2 amide bonds. The summed E-state index contributed by atoms with van der Waals surface area (Å²) in [6.45, 7) is 1.61. The van der Waals surface area contributed by atoms with E-state index in [4.69, 9.17) is 17.0 Å². The summed E-state index contributed by atoms with van der Waals surface area (Å²) in [4.78, 5) is 30.0. The number of halogens is 1. The van der Waals surface area contributed by atoms with E-state index < -0.39 is 24.0 Å². The van der Waals surface area contributed by atoms with Gasteiger partial charge in [0.05, 0.1) is 23.5 Å². The highest BCUT2D eigenvalue weighted by molar-refractivity contribution is 6.18. The number of nitrogens with one attached hydrogen (secondary N) is 5. The quantitative estimate of drug-likeness (QED) is 0.174. The van der Waals surface area contributed by atoms with E-state index in [0.29, 0.717) is 43.2 Å². The molecule has 2 atom stereocenters. The van der Waals surface area contributed by atoms with E-state index in [1.165, 1.54) is 16.9 Å². The third-order valence-corrected chi connectivity index (χ3v) is 5.18. The molecule has 12 heteroatoms. The number of alkyl halides is 1. The summed E-state index contributed by atoms with van der Waals surface area (Å²) in [5, 5.41) is 33.3. The Bertz CT molecular complexity index is 1040. The molecular weight excluding hydrogens is 448 g/mol. The van der Waals surface area contributed by atoms with Crippen LogP contribution in [0.2, 0.25) is 0 Å². The van der Waals surface area contributed by atoms with Crippen LogP contribution in [-0.2, 0) is 7.05 Å². The van der Waals surface area contributed by atoms with Gasteiger partial charge < -0.3 is 31.8 Å². The van der Waals surface area contributed by atoms with E-state index >= 15 is 0 Å². The van der Waals surface area contributed by atoms with Crippen LogP contribution in [-0.4, -0.2) is 75.6 Å². The van der Waals surface area contributed by atoms with Crippen molar-refractivity contribution in [1.82, 2.24) is 30.7 Å². The molecule has 0 radical (unpaired) electrons. The number of carbonyl (C=O) groups excluding carboxylic acids is 2. The number of nitrogens with zero attached hydrogens (tertiary/aromatic N) is 3. The average Bonchev–Trinajstić information content (AvgIpc) is 3.18. The fourth-order valence-corrected chi connectivity index (χ4v) is 3.44. The van der Waals surface area contributed by atoms with Gasteiger partial charge in [-0.3, -0.25) is 14.3 Å². The van der Waals surface area contributed by atoms with Crippen molar-refractivity contribution in [2.24, 2.45) is 7.05 Å². The number of β-amino-alcohol motifs (C(OH)–C–C–N with tert-alkyl or cyclic N) is 1. The van der Waals surface area contributed by atoms with Crippen molar-refractivity contribution in [2.75, 3.05) is 30.8 Å². The lowest BCUT2D eigenvalue weighted by Gasteiger charge is -2.28. The van der Waals surface area contributed by atoms with Crippen LogP contribution in [0.4, 0.5) is 5.69 Å². The van der Waals surface area contributed by atoms with Crippen LogP contribution in [0.25, 0.3) is 5.57 Å². The third-order valence-electron chi connectivity index (χ3n) is 4.99. The first-order valence-corrected chi connectivity index (χ1v) is 11.0. The highest BCUT2D eigenvalue weighted by Crippen LogP contribution is 2.17. The number of allylic oxidation sites excluding steroid dienone is 1. The number of anilines is 1. The van der Waals surface area contributed by atoms with Gasteiger partial charge in [0.2, 0.25) is 0 Å². The number of aryl methyl sites for hydroxylation is 1. The zero-order valence-corrected chi connectivity index (χ0v) is 18.9. The molecule has 11 nitrogen and oxygen atoms in total. The van der Waals surface area contributed by atoms with Gasteiger partial charge in [0, 0.05) is 50.2 Å². The van der Waals surface area contributed by atoms with E-state index in [1.807, 2.05) is 0 Å². The van der Waals surface area contributed by atoms with Gasteiger partial charge in [0.15, 0.2) is 5.69 Å². The van der Waals surface area contributed by atoms with E-state index in [-0.39, 0.29) is 17.1 Å². The Morgan fingerprint density at radius 2 is 2.15 bits per heavy atom. The molecule has 0 aliphatic carbocycles. The molecule has 176 valence electrons. The highest BCUT2D eigenvalue weighted by Gasteiger charge is 2.27. The lowest BCUT2D eigenvalue weighted by Crippen LogP contribution is -2.52. The second-order valence-electron chi connectivity index (χ2n) is 7.45. The first-order chi connectivity index (χ1) is 15.9. The molecular formula is C21H27ClN8O3. The monoisotopic (exact) mass is 474 g/mol. The fourth-order valence-electron chi connectivity index (χ4n) is 3.33. The van der Waals surface area contributed by atoms with Crippen molar-refractivity contribution in [3.63, 3.8) is 0 Å². The average molecular weight is 475 g/mol. The molecule has 2 unspecified atom stereocenters. The van der Waals surface area contributed by atoms with Crippen LogP contribution < -0.4 is 21.3 Å². The normalized spacial score (nSPS) is 18.5. The van der Waals surface area contributed by atoms with Crippen LogP contribution >= 0.6 is 11.6 Å². The molecule has 0 bridgehead atoms. The Morgan fingerprint density at radius 1 is 1.36 bits per heavy atom. The number of carbonyl (C=O) groups is 2. The number of hydrogen-bond donors (Lipinski definition) is 6. The zero-order chi connectivity index (χ0) is 23.8. The first kappa shape index (κ1) is 24.4. The number of amides is 2. The van der Waals surface area contributed by atoms with E-state index in [2.05, 4.69) is 31.3 Å². The summed E-state index contributed by atoms with van der Waals surface area (Å²) in [6, 6.07) is 4.48. The maximum atomic E-state index is 12.9. The standard InChI is InChI=1S/C21H27ClN8O3/c1-30-12-17(19(29-30)21(33)27-15-5-7-24-11-18(15)31)28-20(32)16-4-2-3-14(26-16)13(9-23)10-25-8-6-22/h2-4,9-10,12,15,18,23-25,31H,5-8,11H2,1H3,(H,27,33)(H,28,32)/b13-10+,23-9?. The Morgan fingerprint density at radius 3 is 2.88 bits per heavy atom. The molecule has 0 aromatic carbocycles. The number of rotatable bonds is 9. The van der Waals surface area contributed by atoms with E-state index in [0.717, 1.165) is 6.21 Å². The van der Waals surface area contributed by atoms with Gasteiger partial charge in [-0.2, -0.15) is 5.10 Å². The molecule has 6 N–H and O–H groups in total. The highest BCUT2D eigenvalue weighted by atomic mass is 35.5. The van der Waals surface area contributed by atoms with Gasteiger partial charge in [0.25, 0.3) is 11.8 Å². The second kappa shape index (κ2) is 11.5. The minimum absolute atomic E-state index is 0.0399. The van der Waals surface area contributed by atoms with Crippen LogP contribution in [0.5, 0.6) is 0 Å². The van der Waals surface area contributed by atoms with Crippen LogP contribution in [0.15, 0.2) is 30.6 Å². The number of aromatic nitrogens is 3. The topological polar surface area (TPSA) is 157 Å². The molecule has 33 heavy (non-hydrogen) atoms. The Kier molecular flexibility index (Phi) is 8.52. The van der Waals surface area contributed by atoms with Crippen molar-refractivity contribution < 1.29 is 14.7 Å². The van der Waals surface area contributed by atoms with Crippen molar-refractivity contribution in [2.45, 2.75) is 18.6 Å². The summed E-state index contributed by atoms with van der Waals surface area (Å²) in [6.07, 6.45) is 4.14. The molecule has 0 saturated carbocycles. The van der Waals surface area contributed by atoms with Gasteiger partial charge in [0.1, 0.15) is 5.69 Å². The summed E-state index contributed by atoms with van der Waals surface area (Å²) in [5.41, 5.74) is 1.29.